The van der Waals surface area contributed by atoms with Crippen LogP contribution in [0.4, 0.5) is 4.79 Å². The molecule has 32 heavy (non-hydrogen) atoms. The average Bonchev–Trinajstić information content (AvgIpc) is 3.14. The molecular formula is C26H24ClNO4. The second kappa shape index (κ2) is 9.79. The summed E-state index contributed by atoms with van der Waals surface area (Å²) in [7, 11) is 3.10. The highest BCUT2D eigenvalue weighted by atomic mass is 35.5. The van der Waals surface area contributed by atoms with E-state index < -0.39 is 6.09 Å². The third-order valence-corrected chi connectivity index (χ3v) is 5.91. The molecule has 0 atom stereocenters. The van der Waals surface area contributed by atoms with Crippen LogP contribution in [-0.4, -0.2) is 33.5 Å². The van der Waals surface area contributed by atoms with E-state index in [0.29, 0.717) is 23.1 Å². The fraction of sp³-hybridized carbons (Fsp3) is 0.192. The first-order chi connectivity index (χ1) is 15.6. The van der Waals surface area contributed by atoms with Gasteiger partial charge in [0, 0.05) is 12.5 Å². The minimum absolute atomic E-state index is 0.0364. The van der Waals surface area contributed by atoms with Crippen molar-refractivity contribution in [1.29, 1.82) is 0 Å². The molecule has 3 aromatic carbocycles. The molecule has 0 unspecified atom stereocenters. The normalized spacial score (nSPS) is 12.3. The van der Waals surface area contributed by atoms with Crippen molar-refractivity contribution in [3.05, 3.63) is 88.5 Å². The van der Waals surface area contributed by atoms with Gasteiger partial charge in [0.25, 0.3) is 0 Å². The maximum atomic E-state index is 12.3. The van der Waals surface area contributed by atoms with Crippen molar-refractivity contribution in [1.82, 2.24) is 5.32 Å². The molecule has 1 aliphatic rings. The molecule has 164 valence electrons. The number of rotatable bonds is 7. The summed E-state index contributed by atoms with van der Waals surface area (Å²) in [6.07, 6.45) is 3.15. The minimum atomic E-state index is -0.463. The Morgan fingerprint density at radius 1 is 0.969 bits per heavy atom. The minimum Gasteiger partial charge on any atom is -0.493 e. The SMILES string of the molecule is COc1ccc(C=CCNC(=O)OCC2c3ccccc3-c3ccccc32)c(Cl)c1OC. The van der Waals surface area contributed by atoms with Crippen LogP contribution in [0.15, 0.2) is 66.7 Å². The summed E-state index contributed by atoms with van der Waals surface area (Å²) < 4.78 is 16.1. The van der Waals surface area contributed by atoms with Crippen molar-refractivity contribution in [3.63, 3.8) is 0 Å². The van der Waals surface area contributed by atoms with E-state index in [4.69, 9.17) is 25.8 Å². The monoisotopic (exact) mass is 449 g/mol. The molecule has 0 heterocycles. The van der Waals surface area contributed by atoms with Gasteiger partial charge in [-0.1, -0.05) is 72.3 Å². The number of benzene rings is 3. The van der Waals surface area contributed by atoms with Crippen LogP contribution in [-0.2, 0) is 4.74 Å². The van der Waals surface area contributed by atoms with Gasteiger partial charge in [-0.25, -0.2) is 4.79 Å². The van der Waals surface area contributed by atoms with Gasteiger partial charge in [0.1, 0.15) is 6.61 Å². The molecule has 0 fully saturated rings. The molecule has 1 N–H and O–H groups in total. The summed E-state index contributed by atoms with van der Waals surface area (Å²) in [5.41, 5.74) is 5.53. The van der Waals surface area contributed by atoms with Gasteiger partial charge in [0.2, 0.25) is 0 Å². The van der Waals surface area contributed by atoms with E-state index in [-0.39, 0.29) is 12.5 Å². The van der Waals surface area contributed by atoms with E-state index in [1.807, 2.05) is 36.4 Å². The van der Waals surface area contributed by atoms with E-state index in [2.05, 4.69) is 29.6 Å². The first kappa shape index (κ1) is 21.8. The van der Waals surface area contributed by atoms with Crippen LogP contribution < -0.4 is 14.8 Å². The van der Waals surface area contributed by atoms with Gasteiger partial charge in [-0.15, -0.1) is 0 Å². The third kappa shape index (κ3) is 4.30. The lowest BCUT2D eigenvalue weighted by atomic mass is 9.98. The lowest BCUT2D eigenvalue weighted by Gasteiger charge is -2.14. The molecule has 0 bridgehead atoms. The fourth-order valence-electron chi connectivity index (χ4n) is 4.01. The summed E-state index contributed by atoms with van der Waals surface area (Å²) in [6.45, 7) is 0.590. The molecule has 1 aliphatic carbocycles. The van der Waals surface area contributed by atoms with Gasteiger partial charge in [-0.3, -0.25) is 0 Å². The van der Waals surface area contributed by atoms with E-state index in [1.165, 1.54) is 29.4 Å². The average molecular weight is 450 g/mol. The highest BCUT2D eigenvalue weighted by Gasteiger charge is 2.28. The summed E-state index contributed by atoms with van der Waals surface area (Å²) in [5.74, 6) is 1.07. The molecule has 0 aromatic heterocycles. The number of hydrogen-bond donors (Lipinski definition) is 1. The van der Waals surface area contributed by atoms with Crippen LogP contribution in [0.2, 0.25) is 5.02 Å². The van der Waals surface area contributed by atoms with Crippen molar-refractivity contribution >= 4 is 23.8 Å². The van der Waals surface area contributed by atoms with Crippen molar-refractivity contribution in [3.8, 4) is 22.6 Å². The smallest absolute Gasteiger partial charge is 0.407 e. The molecule has 3 aromatic rings. The van der Waals surface area contributed by atoms with Crippen molar-refractivity contribution in [2.24, 2.45) is 0 Å². The van der Waals surface area contributed by atoms with Crippen molar-refractivity contribution in [2.75, 3.05) is 27.4 Å². The van der Waals surface area contributed by atoms with E-state index in [9.17, 15) is 4.79 Å². The zero-order chi connectivity index (χ0) is 22.5. The highest BCUT2D eigenvalue weighted by molar-refractivity contribution is 6.33. The lowest BCUT2D eigenvalue weighted by Crippen LogP contribution is -2.26. The summed E-state index contributed by atoms with van der Waals surface area (Å²) in [4.78, 5) is 12.3. The van der Waals surface area contributed by atoms with Gasteiger partial charge < -0.3 is 19.5 Å². The topological polar surface area (TPSA) is 56.8 Å². The van der Waals surface area contributed by atoms with Crippen LogP contribution in [0.5, 0.6) is 11.5 Å². The van der Waals surface area contributed by atoms with E-state index in [1.54, 1.807) is 19.3 Å². The number of amides is 1. The molecule has 6 heteroatoms. The number of ether oxygens (including phenoxy) is 3. The summed E-state index contributed by atoms with van der Waals surface area (Å²) >= 11 is 6.37. The predicted octanol–water partition coefficient (Wildman–Crippen LogP) is 5.91. The van der Waals surface area contributed by atoms with Gasteiger partial charge >= 0.3 is 6.09 Å². The summed E-state index contributed by atoms with van der Waals surface area (Å²) in [5, 5.41) is 3.20. The Balaban J connectivity index is 1.34. The highest BCUT2D eigenvalue weighted by Crippen LogP contribution is 2.44. The van der Waals surface area contributed by atoms with Crippen LogP contribution in [0, 0.1) is 0 Å². The first-order valence-corrected chi connectivity index (χ1v) is 10.7. The van der Waals surface area contributed by atoms with E-state index in [0.717, 1.165) is 5.56 Å². The van der Waals surface area contributed by atoms with Crippen molar-refractivity contribution < 1.29 is 19.0 Å². The fourth-order valence-corrected chi connectivity index (χ4v) is 4.31. The Bertz CT molecular complexity index is 1110. The Kier molecular flexibility index (Phi) is 6.66. The van der Waals surface area contributed by atoms with Crippen LogP contribution >= 0.6 is 11.6 Å². The molecule has 1 amide bonds. The molecule has 4 rings (SSSR count). The van der Waals surface area contributed by atoms with Gasteiger partial charge in [0.15, 0.2) is 11.5 Å². The zero-order valence-electron chi connectivity index (χ0n) is 17.9. The number of hydrogen-bond acceptors (Lipinski definition) is 4. The maximum absolute atomic E-state index is 12.3. The van der Waals surface area contributed by atoms with Gasteiger partial charge in [0.05, 0.1) is 19.2 Å². The zero-order valence-corrected chi connectivity index (χ0v) is 18.7. The van der Waals surface area contributed by atoms with Crippen LogP contribution in [0.3, 0.4) is 0 Å². The molecule has 0 aliphatic heterocycles. The molecule has 0 saturated heterocycles. The van der Waals surface area contributed by atoms with Gasteiger partial charge in [-0.05, 0) is 39.9 Å². The third-order valence-electron chi connectivity index (χ3n) is 5.52. The largest absolute Gasteiger partial charge is 0.493 e. The number of nitrogens with one attached hydrogen (secondary N) is 1. The first-order valence-electron chi connectivity index (χ1n) is 10.3. The molecule has 0 spiro atoms. The Morgan fingerprint density at radius 3 is 2.25 bits per heavy atom. The number of carbonyl (C=O) groups excluding carboxylic acids is 1. The second-order valence-corrected chi connectivity index (χ2v) is 7.69. The number of fused-ring (bicyclic) bond motifs is 3. The maximum Gasteiger partial charge on any atom is 0.407 e. The Morgan fingerprint density at radius 2 is 1.62 bits per heavy atom. The second-order valence-electron chi connectivity index (χ2n) is 7.31. The number of alkyl carbamates (subject to hydrolysis) is 1. The van der Waals surface area contributed by atoms with Crippen molar-refractivity contribution in [2.45, 2.75) is 5.92 Å². The summed E-state index contributed by atoms with van der Waals surface area (Å²) in [6, 6.07) is 20.1. The number of halogens is 1. The Labute approximate surface area is 192 Å². The lowest BCUT2D eigenvalue weighted by molar-refractivity contribution is 0.144. The standard InChI is InChI=1S/C26H24ClNO4/c1-30-23-14-13-17(24(27)25(23)31-2)8-7-15-28-26(29)32-16-22-20-11-5-3-9-18(20)19-10-4-6-12-21(19)22/h3-14,22H,15-16H2,1-2H3,(H,28,29). The van der Waals surface area contributed by atoms with Crippen LogP contribution in [0.25, 0.3) is 17.2 Å². The molecular weight excluding hydrogens is 426 g/mol. The predicted molar refractivity (Wildman–Crippen MR) is 127 cm³/mol. The van der Waals surface area contributed by atoms with E-state index >= 15 is 0 Å². The number of methoxy groups -OCH3 is 2. The molecule has 0 saturated carbocycles. The van der Waals surface area contributed by atoms with Gasteiger partial charge in [-0.2, -0.15) is 0 Å². The quantitative estimate of drug-likeness (QED) is 0.487. The molecule has 0 radical (unpaired) electrons. The Hall–Kier alpha value is -3.44. The number of carbonyl (C=O) groups is 1. The van der Waals surface area contributed by atoms with Crippen LogP contribution in [0.1, 0.15) is 22.6 Å². The molecule has 5 nitrogen and oxygen atoms in total.